The molecular weight excluding hydrogens is 308 g/mol. The van der Waals surface area contributed by atoms with Crippen LogP contribution in [0.1, 0.15) is 66.2 Å². The van der Waals surface area contributed by atoms with E-state index >= 15 is 0 Å². The van der Waals surface area contributed by atoms with E-state index < -0.39 is 28.7 Å². The predicted molar refractivity (Wildman–Crippen MR) is 89.7 cm³/mol. The van der Waals surface area contributed by atoms with Crippen LogP contribution in [-0.2, 0) is 9.53 Å². The number of ether oxygens (including phenoxy) is 1. The average Bonchev–Trinajstić information content (AvgIpc) is 2.74. The van der Waals surface area contributed by atoms with E-state index in [0.717, 1.165) is 19.3 Å². The van der Waals surface area contributed by atoms with E-state index in [9.17, 15) is 20.1 Å². The summed E-state index contributed by atoms with van der Waals surface area (Å²) in [6.45, 7) is 8.28. The summed E-state index contributed by atoms with van der Waals surface area (Å²) in [6, 6.07) is 0. The SMILES string of the molecule is CC1(CC(=O)O)CCC2(O1)C(O)=CC(O)C1C(C)(C)CCCC12C. The fourth-order valence-electron chi connectivity index (χ4n) is 6.05. The summed E-state index contributed by atoms with van der Waals surface area (Å²) in [5.74, 6) is -0.832. The van der Waals surface area contributed by atoms with Gasteiger partial charge in [0.2, 0.25) is 0 Å². The standard InChI is InChI=1S/C19H30O5/c1-16(2)6-5-7-18(4)15(16)12(20)10-13(21)19(18)9-8-17(3,24-19)11-14(22)23/h10,12,15,20-21H,5-9,11H2,1-4H3,(H,22,23). The van der Waals surface area contributed by atoms with Crippen LogP contribution in [0.3, 0.4) is 0 Å². The lowest BCUT2D eigenvalue weighted by molar-refractivity contribution is -0.221. The second-order valence-electron chi connectivity index (χ2n) is 9.23. The molecule has 0 aromatic carbocycles. The highest BCUT2D eigenvalue weighted by Gasteiger charge is 2.68. The molecule has 0 aromatic rings. The van der Waals surface area contributed by atoms with Gasteiger partial charge in [-0.15, -0.1) is 0 Å². The summed E-state index contributed by atoms with van der Waals surface area (Å²) >= 11 is 0. The molecule has 24 heavy (non-hydrogen) atoms. The summed E-state index contributed by atoms with van der Waals surface area (Å²) in [6.07, 6.45) is 4.85. The number of carbonyl (C=O) groups is 1. The first-order valence-electron chi connectivity index (χ1n) is 8.97. The zero-order valence-electron chi connectivity index (χ0n) is 15.1. The van der Waals surface area contributed by atoms with Crippen LogP contribution in [0.5, 0.6) is 0 Å². The predicted octanol–water partition coefficient (Wildman–Crippen LogP) is 3.42. The molecule has 3 N–H and O–H groups in total. The monoisotopic (exact) mass is 338 g/mol. The molecule has 136 valence electrons. The van der Waals surface area contributed by atoms with Crippen molar-refractivity contribution in [2.45, 2.75) is 83.5 Å². The zero-order valence-corrected chi connectivity index (χ0v) is 15.1. The minimum Gasteiger partial charge on any atom is -0.509 e. The van der Waals surface area contributed by atoms with Gasteiger partial charge in [-0.2, -0.15) is 0 Å². The maximum atomic E-state index is 11.2. The van der Waals surface area contributed by atoms with Crippen LogP contribution in [0.4, 0.5) is 0 Å². The topological polar surface area (TPSA) is 87.0 Å². The van der Waals surface area contributed by atoms with E-state index in [1.165, 1.54) is 6.08 Å². The Morgan fingerprint density at radius 3 is 2.50 bits per heavy atom. The minimum atomic E-state index is -0.890. The Balaban J connectivity index is 2.07. The molecule has 2 aliphatic carbocycles. The number of aliphatic hydroxyl groups is 2. The molecule has 0 bridgehead atoms. The van der Waals surface area contributed by atoms with Gasteiger partial charge in [-0.3, -0.25) is 4.79 Å². The van der Waals surface area contributed by atoms with Crippen molar-refractivity contribution in [2.24, 2.45) is 16.7 Å². The van der Waals surface area contributed by atoms with E-state index in [1.54, 1.807) is 0 Å². The molecule has 1 saturated heterocycles. The van der Waals surface area contributed by atoms with Gasteiger partial charge in [-0.05, 0) is 44.1 Å². The number of hydrogen-bond donors (Lipinski definition) is 3. The lowest BCUT2D eigenvalue weighted by Gasteiger charge is -2.61. The second-order valence-corrected chi connectivity index (χ2v) is 9.23. The molecule has 1 aliphatic heterocycles. The van der Waals surface area contributed by atoms with Crippen LogP contribution in [0.2, 0.25) is 0 Å². The number of aliphatic hydroxyl groups excluding tert-OH is 2. The van der Waals surface area contributed by atoms with Crippen molar-refractivity contribution in [2.75, 3.05) is 0 Å². The van der Waals surface area contributed by atoms with Gasteiger partial charge in [-0.25, -0.2) is 0 Å². The summed E-state index contributed by atoms with van der Waals surface area (Å²) in [5, 5.41) is 30.7. The second kappa shape index (κ2) is 5.21. The Bertz CT molecular complexity index is 582. The first-order chi connectivity index (χ1) is 11.0. The van der Waals surface area contributed by atoms with Crippen LogP contribution >= 0.6 is 0 Å². The van der Waals surface area contributed by atoms with E-state index in [1.807, 2.05) is 6.92 Å². The Hall–Kier alpha value is -1.07. The van der Waals surface area contributed by atoms with Crippen LogP contribution in [0, 0.1) is 16.7 Å². The van der Waals surface area contributed by atoms with Crippen molar-refractivity contribution in [1.82, 2.24) is 0 Å². The maximum absolute atomic E-state index is 11.2. The Kier molecular flexibility index (Phi) is 3.85. The van der Waals surface area contributed by atoms with Crippen molar-refractivity contribution in [3.63, 3.8) is 0 Å². The highest BCUT2D eigenvalue weighted by Crippen LogP contribution is 2.66. The number of rotatable bonds is 2. The molecule has 5 nitrogen and oxygen atoms in total. The molecular formula is C19H30O5. The first kappa shape index (κ1) is 17.7. The fraction of sp³-hybridized carbons (Fsp3) is 0.842. The maximum Gasteiger partial charge on any atom is 0.306 e. The molecule has 1 spiro atoms. The van der Waals surface area contributed by atoms with Gasteiger partial charge in [-0.1, -0.05) is 27.2 Å². The molecule has 5 atom stereocenters. The molecule has 3 aliphatic rings. The minimum absolute atomic E-state index is 0.0261. The molecule has 1 saturated carbocycles. The van der Waals surface area contributed by atoms with Crippen LogP contribution in [0.25, 0.3) is 0 Å². The third-order valence-corrected chi connectivity index (χ3v) is 7.00. The molecule has 0 radical (unpaired) electrons. The van der Waals surface area contributed by atoms with Gasteiger partial charge < -0.3 is 20.1 Å². The number of carboxylic acids is 1. The van der Waals surface area contributed by atoms with E-state index in [2.05, 4.69) is 20.8 Å². The highest BCUT2D eigenvalue weighted by molar-refractivity contribution is 5.68. The number of carboxylic acid groups (broad SMARTS) is 1. The quantitative estimate of drug-likeness (QED) is 0.718. The Morgan fingerprint density at radius 1 is 1.21 bits per heavy atom. The van der Waals surface area contributed by atoms with Crippen LogP contribution in [-0.4, -0.2) is 38.6 Å². The normalized spacial score (nSPS) is 47.3. The zero-order chi connectivity index (χ0) is 18.0. The molecule has 1 heterocycles. The Labute approximate surface area is 143 Å². The molecule has 2 fully saturated rings. The summed E-state index contributed by atoms with van der Waals surface area (Å²) in [4.78, 5) is 11.2. The largest absolute Gasteiger partial charge is 0.509 e. The van der Waals surface area contributed by atoms with E-state index in [4.69, 9.17) is 4.74 Å². The molecule has 3 rings (SSSR count). The van der Waals surface area contributed by atoms with Gasteiger partial charge in [0.05, 0.1) is 18.1 Å². The van der Waals surface area contributed by atoms with Gasteiger partial charge >= 0.3 is 5.97 Å². The van der Waals surface area contributed by atoms with Crippen molar-refractivity contribution < 1.29 is 24.9 Å². The molecule has 5 unspecified atom stereocenters. The van der Waals surface area contributed by atoms with E-state index in [0.29, 0.717) is 12.8 Å². The lowest BCUT2D eigenvalue weighted by atomic mass is 9.47. The first-order valence-corrected chi connectivity index (χ1v) is 8.97. The van der Waals surface area contributed by atoms with Crippen molar-refractivity contribution in [1.29, 1.82) is 0 Å². The highest BCUT2D eigenvalue weighted by atomic mass is 16.5. The van der Waals surface area contributed by atoms with Gasteiger partial charge in [0.1, 0.15) is 11.4 Å². The third kappa shape index (κ3) is 2.31. The summed E-state index contributed by atoms with van der Waals surface area (Å²) < 4.78 is 6.40. The molecule has 0 amide bonds. The number of hydrogen-bond acceptors (Lipinski definition) is 4. The van der Waals surface area contributed by atoms with Crippen molar-refractivity contribution in [3.05, 3.63) is 11.8 Å². The fourth-order valence-corrected chi connectivity index (χ4v) is 6.05. The van der Waals surface area contributed by atoms with Gasteiger partial charge in [0.25, 0.3) is 0 Å². The smallest absolute Gasteiger partial charge is 0.306 e. The Morgan fingerprint density at radius 2 is 1.88 bits per heavy atom. The van der Waals surface area contributed by atoms with E-state index in [-0.39, 0.29) is 23.5 Å². The van der Waals surface area contributed by atoms with Gasteiger partial charge in [0, 0.05) is 11.3 Å². The van der Waals surface area contributed by atoms with Crippen LogP contribution in [0.15, 0.2) is 11.8 Å². The van der Waals surface area contributed by atoms with Crippen molar-refractivity contribution in [3.8, 4) is 0 Å². The molecule has 0 aromatic heterocycles. The third-order valence-electron chi connectivity index (χ3n) is 7.00. The summed E-state index contributed by atoms with van der Waals surface area (Å²) in [7, 11) is 0. The summed E-state index contributed by atoms with van der Waals surface area (Å²) in [5.41, 5.74) is -2.15. The van der Waals surface area contributed by atoms with Crippen molar-refractivity contribution >= 4 is 5.97 Å². The average molecular weight is 338 g/mol. The molecule has 5 heteroatoms. The van der Waals surface area contributed by atoms with Gasteiger partial charge in [0.15, 0.2) is 0 Å². The number of fused-ring (bicyclic) bond motifs is 2. The van der Waals surface area contributed by atoms with Crippen LogP contribution < -0.4 is 0 Å². The number of aliphatic carboxylic acids is 1. The lowest BCUT2D eigenvalue weighted by Crippen LogP contribution is -2.63.